The number of carbonyl (C=O) groups excluding carboxylic acids is 1. The number of halogens is 2. The van der Waals surface area contributed by atoms with Crippen molar-refractivity contribution in [1.29, 1.82) is 0 Å². The van der Waals surface area contributed by atoms with Crippen LogP contribution in [0, 0.1) is 0 Å². The Morgan fingerprint density at radius 3 is 2.59 bits per heavy atom. The van der Waals surface area contributed by atoms with Crippen LogP contribution in [0.5, 0.6) is 5.75 Å². The Hall–Kier alpha value is -2.49. The van der Waals surface area contributed by atoms with Gasteiger partial charge in [-0.3, -0.25) is 9.36 Å². The number of hydrogen-bond acceptors (Lipinski definition) is 6. The minimum Gasteiger partial charge on any atom is -0.507 e. The number of esters is 1. The van der Waals surface area contributed by atoms with Crippen LogP contribution in [0.25, 0.3) is 6.08 Å². The third kappa shape index (κ3) is 4.24. The molecule has 0 saturated heterocycles. The average molecular weight is 578 g/mol. The van der Waals surface area contributed by atoms with Crippen molar-refractivity contribution in [3.8, 4) is 5.75 Å². The number of benzene rings is 2. The van der Waals surface area contributed by atoms with Gasteiger partial charge in [-0.25, -0.2) is 9.79 Å². The van der Waals surface area contributed by atoms with Crippen molar-refractivity contribution < 1.29 is 14.6 Å². The Labute approximate surface area is 204 Å². The number of carbonyl (C=O) groups is 1. The standard InChI is InChI=1S/C23H18Br2N2O4S/c1-3-31-22(30)19-12(2)26-23-27(20(19)13-4-6-15(24)7-5-13)21(29)18(32-23)11-14-10-16(25)8-9-17(14)28/h4-11,20,28H,3H2,1-2H3/b18-11+. The van der Waals surface area contributed by atoms with Crippen LogP contribution in [0.2, 0.25) is 0 Å². The zero-order valence-electron chi connectivity index (χ0n) is 17.1. The number of rotatable bonds is 4. The summed E-state index contributed by atoms with van der Waals surface area (Å²) in [5.74, 6) is -0.438. The predicted octanol–water partition coefficient (Wildman–Crippen LogP) is 4.03. The lowest BCUT2D eigenvalue weighted by molar-refractivity contribution is -0.139. The fourth-order valence-electron chi connectivity index (χ4n) is 3.53. The highest BCUT2D eigenvalue weighted by atomic mass is 79.9. The summed E-state index contributed by atoms with van der Waals surface area (Å²) in [6, 6.07) is 11.8. The Morgan fingerprint density at radius 2 is 1.91 bits per heavy atom. The quantitative estimate of drug-likeness (QED) is 0.475. The SMILES string of the molecule is CCOC(=O)C1=C(C)N=c2s/c(=C/c3cc(Br)ccc3O)c(=O)n2C1c1ccc(Br)cc1. The molecule has 0 bridgehead atoms. The second-order valence-corrected chi connectivity index (χ2v) is 9.90. The van der Waals surface area contributed by atoms with Crippen LogP contribution in [0.3, 0.4) is 0 Å². The van der Waals surface area contributed by atoms with Gasteiger partial charge in [-0.05, 0) is 55.8 Å². The van der Waals surface area contributed by atoms with Gasteiger partial charge in [-0.1, -0.05) is 55.3 Å². The zero-order valence-corrected chi connectivity index (χ0v) is 21.1. The van der Waals surface area contributed by atoms with Crippen molar-refractivity contribution in [3.05, 3.63) is 93.5 Å². The summed E-state index contributed by atoms with van der Waals surface area (Å²) in [5.41, 5.74) is 1.82. The number of ether oxygens (including phenoxy) is 1. The maximum Gasteiger partial charge on any atom is 0.338 e. The van der Waals surface area contributed by atoms with E-state index in [9.17, 15) is 14.7 Å². The minimum atomic E-state index is -0.670. The van der Waals surface area contributed by atoms with Crippen molar-refractivity contribution >= 4 is 55.2 Å². The molecule has 9 heteroatoms. The molecule has 0 radical (unpaired) electrons. The van der Waals surface area contributed by atoms with Gasteiger partial charge < -0.3 is 9.84 Å². The van der Waals surface area contributed by atoms with Crippen molar-refractivity contribution in [3.63, 3.8) is 0 Å². The number of phenolic OH excluding ortho intramolecular Hbond substituents is 1. The highest BCUT2D eigenvalue weighted by Crippen LogP contribution is 2.31. The third-order valence-corrected chi connectivity index (χ3v) is 6.98. The molecule has 32 heavy (non-hydrogen) atoms. The van der Waals surface area contributed by atoms with Gasteiger partial charge in [0, 0.05) is 14.5 Å². The van der Waals surface area contributed by atoms with E-state index in [-0.39, 0.29) is 17.9 Å². The van der Waals surface area contributed by atoms with E-state index in [1.165, 1.54) is 15.9 Å². The van der Waals surface area contributed by atoms with E-state index in [4.69, 9.17) is 4.74 Å². The second-order valence-electron chi connectivity index (χ2n) is 7.06. The highest BCUT2D eigenvalue weighted by Gasteiger charge is 2.33. The maximum atomic E-state index is 13.5. The van der Waals surface area contributed by atoms with E-state index in [1.807, 2.05) is 24.3 Å². The smallest absolute Gasteiger partial charge is 0.338 e. The Bertz CT molecular complexity index is 1420. The fraction of sp³-hybridized carbons (Fsp3) is 0.174. The molecule has 0 saturated carbocycles. The number of thiazole rings is 1. The van der Waals surface area contributed by atoms with Crippen molar-refractivity contribution in [2.24, 2.45) is 4.99 Å². The summed E-state index contributed by atoms with van der Waals surface area (Å²) in [6.45, 7) is 3.70. The van der Waals surface area contributed by atoms with Crippen LogP contribution in [0.15, 0.2) is 72.5 Å². The van der Waals surface area contributed by atoms with Gasteiger partial charge >= 0.3 is 5.97 Å². The van der Waals surface area contributed by atoms with Gasteiger partial charge in [0.2, 0.25) is 0 Å². The molecular weight excluding hydrogens is 560 g/mol. The lowest BCUT2D eigenvalue weighted by Gasteiger charge is -2.24. The lowest BCUT2D eigenvalue weighted by Crippen LogP contribution is -2.39. The first kappa shape index (κ1) is 22.7. The maximum absolute atomic E-state index is 13.5. The van der Waals surface area contributed by atoms with Crippen molar-refractivity contribution in [2.75, 3.05) is 6.61 Å². The molecule has 2 aromatic carbocycles. The molecule has 4 rings (SSSR count). The molecule has 1 N–H and O–H groups in total. The number of aromatic nitrogens is 1. The Kier molecular flexibility index (Phi) is 6.50. The molecule has 1 aliphatic heterocycles. The molecule has 1 aromatic heterocycles. The number of aromatic hydroxyl groups is 1. The van der Waals surface area contributed by atoms with E-state index < -0.39 is 12.0 Å². The van der Waals surface area contributed by atoms with Gasteiger partial charge in [-0.2, -0.15) is 0 Å². The normalized spacial score (nSPS) is 16.0. The van der Waals surface area contributed by atoms with Crippen LogP contribution in [0.4, 0.5) is 0 Å². The summed E-state index contributed by atoms with van der Waals surface area (Å²) in [6.07, 6.45) is 1.63. The van der Waals surface area contributed by atoms with Crippen LogP contribution in [-0.2, 0) is 9.53 Å². The second kappa shape index (κ2) is 9.17. The lowest BCUT2D eigenvalue weighted by atomic mass is 9.96. The van der Waals surface area contributed by atoms with Gasteiger partial charge in [0.1, 0.15) is 5.75 Å². The molecule has 0 fully saturated rings. The van der Waals surface area contributed by atoms with Gasteiger partial charge in [-0.15, -0.1) is 0 Å². The summed E-state index contributed by atoms with van der Waals surface area (Å²) in [7, 11) is 0. The first-order valence-electron chi connectivity index (χ1n) is 9.73. The number of fused-ring (bicyclic) bond motifs is 1. The van der Waals surface area contributed by atoms with E-state index in [0.717, 1.165) is 14.5 Å². The predicted molar refractivity (Wildman–Crippen MR) is 130 cm³/mol. The Balaban J connectivity index is 1.97. The molecule has 0 spiro atoms. The number of allylic oxidation sites excluding steroid dienone is 1. The van der Waals surface area contributed by atoms with Crippen molar-refractivity contribution in [2.45, 2.75) is 19.9 Å². The number of nitrogens with zero attached hydrogens (tertiary/aromatic N) is 2. The zero-order chi connectivity index (χ0) is 23.0. The molecule has 2 heterocycles. The molecular formula is C23H18Br2N2O4S. The average Bonchev–Trinajstić information content (AvgIpc) is 3.05. The first-order valence-corrected chi connectivity index (χ1v) is 12.1. The van der Waals surface area contributed by atoms with E-state index >= 15 is 0 Å². The summed E-state index contributed by atoms with van der Waals surface area (Å²) in [5, 5.41) is 10.2. The van der Waals surface area contributed by atoms with Gasteiger partial charge in [0.25, 0.3) is 5.56 Å². The van der Waals surface area contributed by atoms with Crippen LogP contribution < -0.4 is 14.9 Å². The van der Waals surface area contributed by atoms with E-state index in [1.54, 1.807) is 38.1 Å². The highest BCUT2D eigenvalue weighted by molar-refractivity contribution is 9.10. The molecule has 1 unspecified atom stereocenters. The number of phenols is 1. The van der Waals surface area contributed by atoms with Gasteiger partial charge in [0.05, 0.1) is 28.5 Å². The molecule has 3 aromatic rings. The molecule has 6 nitrogen and oxygen atoms in total. The molecule has 164 valence electrons. The van der Waals surface area contributed by atoms with Gasteiger partial charge in [0.15, 0.2) is 4.80 Å². The fourth-order valence-corrected chi connectivity index (χ4v) is 5.21. The molecule has 0 amide bonds. The molecule has 1 atom stereocenters. The summed E-state index contributed by atoms with van der Waals surface area (Å²) >= 11 is 8.03. The topological polar surface area (TPSA) is 80.9 Å². The molecule has 0 aliphatic carbocycles. The largest absolute Gasteiger partial charge is 0.507 e. The van der Waals surface area contributed by atoms with Crippen LogP contribution >= 0.6 is 43.2 Å². The summed E-state index contributed by atoms with van der Waals surface area (Å²) < 4.78 is 8.88. The van der Waals surface area contributed by atoms with Crippen LogP contribution in [0.1, 0.15) is 31.0 Å². The monoisotopic (exact) mass is 576 g/mol. The van der Waals surface area contributed by atoms with E-state index in [2.05, 4.69) is 36.9 Å². The Morgan fingerprint density at radius 1 is 1.22 bits per heavy atom. The summed E-state index contributed by atoms with van der Waals surface area (Å²) in [4.78, 5) is 31.4. The third-order valence-electron chi connectivity index (χ3n) is 4.98. The van der Waals surface area contributed by atoms with Crippen LogP contribution in [-0.4, -0.2) is 22.2 Å². The number of hydrogen-bond donors (Lipinski definition) is 1. The van der Waals surface area contributed by atoms with Crippen molar-refractivity contribution in [1.82, 2.24) is 4.57 Å². The molecule has 1 aliphatic rings. The first-order chi connectivity index (χ1) is 15.3. The minimum absolute atomic E-state index is 0.0619. The van der Waals surface area contributed by atoms with E-state index in [0.29, 0.717) is 26.2 Å².